The SMILES string of the molecule is NC(=O)CSc1nnc2c(CCc3ccccc3)cccn12. The third-order valence-corrected chi connectivity index (χ3v) is 4.32. The molecule has 3 aromatic rings. The monoisotopic (exact) mass is 312 g/mol. The van der Waals surface area contributed by atoms with Crippen LogP contribution in [0.2, 0.25) is 0 Å². The van der Waals surface area contributed by atoms with Gasteiger partial charge in [-0.15, -0.1) is 10.2 Å². The van der Waals surface area contributed by atoms with E-state index in [2.05, 4.69) is 28.4 Å². The molecule has 0 saturated carbocycles. The second kappa shape index (κ2) is 6.62. The summed E-state index contributed by atoms with van der Waals surface area (Å²) in [6.07, 6.45) is 3.76. The first kappa shape index (κ1) is 14.6. The number of nitrogens with two attached hydrogens (primary N) is 1. The van der Waals surface area contributed by atoms with Crippen molar-refractivity contribution in [1.82, 2.24) is 14.6 Å². The van der Waals surface area contributed by atoms with Crippen LogP contribution >= 0.6 is 11.8 Å². The minimum Gasteiger partial charge on any atom is -0.369 e. The number of nitrogens with zero attached hydrogens (tertiary/aromatic N) is 3. The molecule has 0 saturated heterocycles. The number of amides is 1. The third kappa shape index (κ3) is 3.28. The average Bonchev–Trinajstić information content (AvgIpc) is 2.95. The summed E-state index contributed by atoms with van der Waals surface area (Å²) in [5, 5.41) is 9.09. The number of primary amides is 1. The summed E-state index contributed by atoms with van der Waals surface area (Å²) in [5.74, 6) is -0.156. The molecule has 3 rings (SSSR count). The lowest BCUT2D eigenvalue weighted by molar-refractivity contribution is -0.115. The van der Waals surface area contributed by atoms with Crippen LogP contribution < -0.4 is 5.73 Å². The highest BCUT2D eigenvalue weighted by Crippen LogP contribution is 2.19. The maximum absolute atomic E-state index is 10.9. The highest BCUT2D eigenvalue weighted by Gasteiger charge is 2.10. The van der Waals surface area contributed by atoms with Gasteiger partial charge < -0.3 is 5.73 Å². The van der Waals surface area contributed by atoms with Crippen LogP contribution in [0.25, 0.3) is 5.65 Å². The molecule has 0 atom stereocenters. The zero-order valence-corrected chi connectivity index (χ0v) is 12.8. The maximum Gasteiger partial charge on any atom is 0.227 e. The molecule has 0 aliphatic heterocycles. The molecule has 0 radical (unpaired) electrons. The van der Waals surface area contributed by atoms with Crippen LogP contribution in [0.3, 0.4) is 0 Å². The van der Waals surface area contributed by atoms with Gasteiger partial charge in [-0.05, 0) is 30.0 Å². The summed E-state index contributed by atoms with van der Waals surface area (Å²) in [6, 6.07) is 14.4. The Balaban J connectivity index is 1.80. The molecule has 5 nitrogen and oxygen atoms in total. The normalized spacial score (nSPS) is 10.9. The number of hydrogen-bond donors (Lipinski definition) is 1. The van der Waals surface area contributed by atoms with E-state index >= 15 is 0 Å². The number of aromatic nitrogens is 3. The number of carbonyl (C=O) groups excluding carboxylic acids is 1. The van der Waals surface area contributed by atoms with Gasteiger partial charge in [0.2, 0.25) is 5.91 Å². The van der Waals surface area contributed by atoms with Gasteiger partial charge in [-0.1, -0.05) is 48.2 Å². The van der Waals surface area contributed by atoms with Crippen LogP contribution in [0, 0.1) is 0 Å². The van der Waals surface area contributed by atoms with Gasteiger partial charge in [-0.25, -0.2) is 0 Å². The van der Waals surface area contributed by atoms with E-state index < -0.39 is 0 Å². The number of fused-ring (bicyclic) bond motifs is 1. The number of benzene rings is 1. The van der Waals surface area contributed by atoms with Crippen molar-refractivity contribution in [3.63, 3.8) is 0 Å². The topological polar surface area (TPSA) is 73.3 Å². The van der Waals surface area contributed by atoms with Crippen LogP contribution in [0.15, 0.2) is 53.8 Å². The Bertz CT molecular complexity index is 785. The molecular formula is C16H16N4OS. The van der Waals surface area contributed by atoms with Crippen molar-refractivity contribution < 1.29 is 4.79 Å². The first-order valence-electron chi connectivity index (χ1n) is 7.01. The van der Waals surface area contributed by atoms with Crippen molar-refractivity contribution in [3.05, 3.63) is 59.8 Å². The molecule has 112 valence electrons. The van der Waals surface area contributed by atoms with Crippen molar-refractivity contribution in [2.45, 2.75) is 18.0 Å². The van der Waals surface area contributed by atoms with Crippen molar-refractivity contribution in [3.8, 4) is 0 Å². The van der Waals surface area contributed by atoms with E-state index in [9.17, 15) is 4.79 Å². The van der Waals surface area contributed by atoms with Crippen molar-refractivity contribution in [2.24, 2.45) is 5.73 Å². The van der Waals surface area contributed by atoms with E-state index in [1.807, 2.05) is 34.9 Å². The van der Waals surface area contributed by atoms with Crippen molar-refractivity contribution >= 4 is 23.3 Å². The molecule has 0 aliphatic rings. The summed E-state index contributed by atoms with van der Waals surface area (Å²) < 4.78 is 1.91. The van der Waals surface area contributed by atoms with E-state index in [0.29, 0.717) is 5.16 Å². The van der Waals surface area contributed by atoms with Crippen LogP contribution in [-0.2, 0) is 17.6 Å². The summed E-state index contributed by atoms with van der Waals surface area (Å²) in [5.41, 5.74) is 8.46. The largest absolute Gasteiger partial charge is 0.369 e. The molecule has 1 aromatic carbocycles. The second-order valence-electron chi connectivity index (χ2n) is 4.95. The predicted molar refractivity (Wildman–Crippen MR) is 86.8 cm³/mol. The summed E-state index contributed by atoms with van der Waals surface area (Å²) in [6.45, 7) is 0. The van der Waals surface area contributed by atoms with Gasteiger partial charge in [0.05, 0.1) is 5.75 Å². The number of aryl methyl sites for hydroxylation is 2. The molecule has 0 aliphatic carbocycles. The quantitative estimate of drug-likeness (QED) is 0.707. The van der Waals surface area contributed by atoms with E-state index in [4.69, 9.17) is 5.73 Å². The summed E-state index contributed by atoms with van der Waals surface area (Å²) in [7, 11) is 0. The zero-order valence-electron chi connectivity index (χ0n) is 12.0. The molecule has 2 N–H and O–H groups in total. The number of thioether (sulfide) groups is 1. The Morgan fingerprint density at radius 2 is 1.91 bits per heavy atom. The second-order valence-corrected chi connectivity index (χ2v) is 5.89. The Labute approximate surface area is 132 Å². The lowest BCUT2D eigenvalue weighted by atomic mass is 10.1. The highest BCUT2D eigenvalue weighted by atomic mass is 32.2. The van der Waals surface area contributed by atoms with Gasteiger partial charge in [0.25, 0.3) is 0 Å². The molecule has 22 heavy (non-hydrogen) atoms. The first-order chi connectivity index (χ1) is 10.7. The summed E-state index contributed by atoms with van der Waals surface area (Å²) in [4.78, 5) is 10.9. The molecule has 0 bridgehead atoms. The molecule has 1 amide bonds. The van der Waals surface area contributed by atoms with E-state index in [1.165, 1.54) is 17.3 Å². The van der Waals surface area contributed by atoms with Gasteiger partial charge in [-0.3, -0.25) is 9.20 Å². The van der Waals surface area contributed by atoms with Gasteiger partial charge in [0, 0.05) is 6.20 Å². The molecule has 0 unspecified atom stereocenters. The van der Waals surface area contributed by atoms with E-state index in [1.54, 1.807) is 0 Å². The molecule has 2 heterocycles. The lowest BCUT2D eigenvalue weighted by Gasteiger charge is -2.04. The van der Waals surface area contributed by atoms with Gasteiger partial charge >= 0.3 is 0 Å². The number of rotatable bonds is 6. The number of hydrogen-bond acceptors (Lipinski definition) is 4. The van der Waals surface area contributed by atoms with Gasteiger partial charge in [0.1, 0.15) is 0 Å². The molecule has 0 spiro atoms. The predicted octanol–water partition coefficient (Wildman–Crippen LogP) is 2.09. The highest BCUT2D eigenvalue weighted by molar-refractivity contribution is 7.99. The van der Waals surface area contributed by atoms with Crippen LogP contribution in [0.1, 0.15) is 11.1 Å². The van der Waals surface area contributed by atoms with Crippen LogP contribution in [0.4, 0.5) is 0 Å². The average molecular weight is 312 g/mol. The van der Waals surface area contributed by atoms with Crippen molar-refractivity contribution in [2.75, 3.05) is 5.75 Å². The fraction of sp³-hybridized carbons (Fsp3) is 0.188. The van der Waals surface area contributed by atoms with Gasteiger partial charge in [0.15, 0.2) is 10.8 Å². The number of carbonyl (C=O) groups is 1. The zero-order chi connectivity index (χ0) is 15.4. The minimum absolute atomic E-state index is 0.203. The first-order valence-corrected chi connectivity index (χ1v) is 8.00. The van der Waals surface area contributed by atoms with Crippen LogP contribution in [-0.4, -0.2) is 26.3 Å². The molecule has 6 heteroatoms. The van der Waals surface area contributed by atoms with Gasteiger partial charge in [-0.2, -0.15) is 0 Å². The Kier molecular flexibility index (Phi) is 4.39. The fourth-order valence-corrected chi connectivity index (χ4v) is 2.96. The van der Waals surface area contributed by atoms with E-state index in [-0.39, 0.29) is 11.7 Å². The Morgan fingerprint density at radius 1 is 1.09 bits per heavy atom. The molecule has 0 fully saturated rings. The number of pyridine rings is 1. The fourth-order valence-electron chi connectivity index (χ4n) is 2.30. The third-order valence-electron chi connectivity index (χ3n) is 3.35. The van der Waals surface area contributed by atoms with Crippen LogP contribution in [0.5, 0.6) is 0 Å². The lowest BCUT2D eigenvalue weighted by Crippen LogP contribution is -2.13. The smallest absolute Gasteiger partial charge is 0.227 e. The van der Waals surface area contributed by atoms with Crippen molar-refractivity contribution in [1.29, 1.82) is 0 Å². The summed E-state index contributed by atoms with van der Waals surface area (Å²) >= 11 is 1.30. The Hall–Kier alpha value is -2.34. The maximum atomic E-state index is 10.9. The van der Waals surface area contributed by atoms with E-state index in [0.717, 1.165) is 24.1 Å². The minimum atomic E-state index is -0.359. The molecule has 2 aromatic heterocycles. The standard InChI is InChI=1S/C16H16N4OS/c17-14(21)11-22-16-19-18-15-13(7-4-10-20(15)16)9-8-12-5-2-1-3-6-12/h1-7,10H,8-9,11H2,(H2,17,21). The molecular weight excluding hydrogens is 296 g/mol. The Morgan fingerprint density at radius 3 is 2.68 bits per heavy atom.